The minimum Gasteiger partial charge on any atom is -0.444 e. The summed E-state index contributed by atoms with van der Waals surface area (Å²) >= 11 is 0. The number of fused-ring (bicyclic) bond motifs is 1. The molecule has 6 nitrogen and oxygen atoms in total. The van der Waals surface area contributed by atoms with Gasteiger partial charge in [-0.2, -0.15) is 5.10 Å². The van der Waals surface area contributed by atoms with Crippen LogP contribution in [-0.2, 0) is 17.7 Å². The molecular formula is C16H20N4O2. The Balaban J connectivity index is 1.77. The van der Waals surface area contributed by atoms with E-state index in [1.165, 1.54) is 0 Å². The highest BCUT2D eigenvalue weighted by atomic mass is 16.6. The third-order valence-electron chi connectivity index (χ3n) is 3.39. The van der Waals surface area contributed by atoms with Gasteiger partial charge >= 0.3 is 6.09 Å². The van der Waals surface area contributed by atoms with Crippen molar-refractivity contribution in [3.05, 3.63) is 41.9 Å². The molecule has 22 heavy (non-hydrogen) atoms. The standard InChI is InChI=1S/C16H20N4O2/c1-16(2,3)22-15(21)19-9-7-13-12(10-19)11-20(18-13)14-6-4-5-8-17-14/h4-6,8,11H,7,9-10H2,1-3H3. The molecule has 0 fully saturated rings. The number of carbonyl (C=O) groups excluding carboxylic acids is 1. The van der Waals surface area contributed by atoms with Crippen LogP contribution >= 0.6 is 0 Å². The van der Waals surface area contributed by atoms with Crippen molar-refractivity contribution in [3.8, 4) is 5.82 Å². The van der Waals surface area contributed by atoms with Gasteiger partial charge in [0.1, 0.15) is 5.60 Å². The summed E-state index contributed by atoms with van der Waals surface area (Å²) in [6, 6.07) is 5.71. The van der Waals surface area contributed by atoms with Crippen molar-refractivity contribution >= 4 is 6.09 Å². The van der Waals surface area contributed by atoms with Crippen LogP contribution in [0.15, 0.2) is 30.6 Å². The van der Waals surface area contributed by atoms with E-state index < -0.39 is 5.60 Å². The Morgan fingerprint density at radius 3 is 2.82 bits per heavy atom. The maximum Gasteiger partial charge on any atom is 0.410 e. The van der Waals surface area contributed by atoms with Crippen LogP contribution in [0.5, 0.6) is 0 Å². The second kappa shape index (κ2) is 5.44. The monoisotopic (exact) mass is 300 g/mol. The highest BCUT2D eigenvalue weighted by Gasteiger charge is 2.27. The van der Waals surface area contributed by atoms with Crippen molar-refractivity contribution in [3.63, 3.8) is 0 Å². The van der Waals surface area contributed by atoms with E-state index in [9.17, 15) is 4.79 Å². The number of carbonyl (C=O) groups is 1. The lowest BCUT2D eigenvalue weighted by Crippen LogP contribution is -2.39. The first-order valence-electron chi connectivity index (χ1n) is 7.39. The first-order chi connectivity index (χ1) is 10.4. The van der Waals surface area contributed by atoms with Crippen molar-refractivity contribution in [2.75, 3.05) is 6.54 Å². The lowest BCUT2D eigenvalue weighted by Gasteiger charge is -2.29. The Bertz CT molecular complexity index is 673. The molecule has 1 amide bonds. The number of hydrogen-bond donors (Lipinski definition) is 0. The quantitative estimate of drug-likeness (QED) is 0.812. The summed E-state index contributed by atoms with van der Waals surface area (Å²) in [6.07, 6.45) is 4.13. The molecule has 2 aromatic rings. The highest BCUT2D eigenvalue weighted by molar-refractivity contribution is 5.68. The molecule has 3 heterocycles. The second-order valence-corrected chi connectivity index (χ2v) is 6.39. The molecule has 2 aromatic heterocycles. The Morgan fingerprint density at radius 2 is 2.14 bits per heavy atom. The van der Waals surface area contributed by atoms with Crippen LogP contribution in [-0.4, -0.2) is 37.9 Å². The smallest absolute Gasteiger partial charge is 0.410 e. The molecule has 0 radical (unpaired) electrons. The van der Waals surface area contributed by atoms with Gasteiger partial charge in [0.25, 0.3) is 0 Å². The largest absolute Gasteiger partial charge is 0.444 e. The van der Waals surface area contributed by atoms with E-state index in [0.29, 0.717) is 13.1 Å². The number of amides is 1. The molecule has 0 spiro atoms. The minimum atomic E-state index is -0.477. The van der Waals surface area contributed by atoms with Gasteiger partial charge in [-0.3, -0.25) is 0 Å². The van der Waals surface area contributed by atoms with E-state index in [1.807, 2.05) is 45.2 Å². The molecule has 6 heteroatoms. The van der Waals surface area contributed by atoms with Crippen LogP contribution in [0, 0.1) is 0 Å². The second-order valence-electron chi connectivity index (χ2n) is 6.39. The number of pyridine rings is 1. The molecule has 0 saturated carbocycles. The Labute approximate surface area is 129 Å². The van der Waals surface area contributed by atoms with Gasteiger partial charge in [0.05, 0.1) is 12.2 Å². The number of hydrogen-bond acceptors (Lipinski definition) is 4. The summed E-state index contributed by atoms with van der Waals surface area (Å²) < 4.78 is 7.20. The van der Waals surface area contributed by atoms with Gasteiger partial charge in [-0.15, -0.1) is 0 Å². The molecule has 0 bridgehead atoms. The van der Waals surface area contributed by atoms with Crippen molar-refractivity contribution in [1.29, 1.82) is 0 Å². The summed E-state index contributed by atoms with van der Waals surface area (Å²) in [4.78, 5) is 18.2. The fourth-order valence-electron chi connectivity index (χ4n) is 2.40. The van der Waals surface area contributed by atoms with E-state index >= 15 is 0 Å². The van der Waals surface area contributed by atoms with Gasteiger partial charge in [-0.25, -0.2) is 14.5 Å². The van der Waals surface area contributed by atoms with Gasteiger partial charge in [0.2, 0.25) is 0 Å². The molecule has 3 rings (SSSR count). The highest BCUT2D eigenvalue weighted by Crippen LogP contribution is 2.21. The van der Waals surface area contributed by atoms with E-state index in [2.05, 4.69) is 10.1 Å². The number of ether oxygens (including phenoxy) is 1. The molecule has 0 aliphatic carbocycles. The van der Waals surface area contributed by atoms with Crippen LogP contribution in [0.3, 0.4) is 0 Å². The van der Waals surface area contributed by atoms with E-state index in [-0.39, 0.29) is 6.09 Å². The zero-order valence-electron chi connectivity index (χ0n) is 13.1. The molecule has 0 saturated heterocycles. The summed E-state index contributed by atoms with van der Waals surface area (Å²) in [5.41, 5.74) is 1.59. The average Bonchev–Trinajstić information content (AvgIpc) is 2.89. The number of aromatic nitrogens is 3. The van der Waals surface area contributed by atoms with Gasteiger partial charge in [-0.05, 0) is 32.9 Å². The third-order valence-corrected chi connectivity index (χ3v) is 3.39. The Hall–Kier alpha value is -2.37. The minimum absolute atomic E-state index is 0.274. The van der Waals surface area contributed by atoms with Crippen LogP contribution < -0.4 is 0 Å². The fraction of sp³-hybridized carbons (Fsp3) is 0.438. The topological polar surface area (TPSA) is 60.2 Å². The van der Waals surface area contributed by atoms with Crippen molar-refractivity contribution in [2.24, 2.45) is 0 Å². The number of rotatable bonds is 1. The number of nitrogens with zero attached hydrogens (tertiary/aromatic N) is 4. The van der Waals surface area contributed by atoms with Crippen LogP contribution in [0.1, 0.15) is 32.0 Å². The fourth-order valence-corrected chi connectivity index (χ4v) is 2.40. The van der Waals surface area contributed by atoms with Crippen molar-refractivity contribution in [1.82, 2.24) is 19.7 Å². The maximum atomic E-state index is 12.2. The SMILES string of the molecule is CC(C)(C)OC(=O)N1CCc2nn(-c3ccccn3)cc2C1. The lowest BCUT2D eigenvalue weighted by molar-refractivity contribution is 0.0223. The molecule has 0 N–H and O–H groups in total. The van der Waals surface area contributed by atoms with Crippen LogP contribution in [0.25, 0.3) is 5.82 Å². The zero-order chi connectivity index (χ0) is 15.7. The lowest BCUT2D eigenvalue weighted by atomic mass is 10.1. The molecule has 0 atom stereocenters. The first-order valence-corrected chi connectivity index (χ1v) is 7.39. The normalized spacial score (nSPS) is 14.6. The molecule has 1 aliphatic rings. The third kappa shape index (κ3) is 3.10. The van der Waals surface area contributed by atoms with E-state index in [1.54, 1.807) is 15.8 Å². The Morgan fingerprint density at radius 1 is 1.32 bits per heavy atom. The van der Waals surface area contributed by atoms with Crippen molar-refractivity contribution in [2.45, 2.75) is 39.3 Å². The summed E-state index contributed by atoms with van der Waals surface area (Å²) in [5.74, 6) is 0.778. The Kier molecular flexibility index (Phi) is 3.60. The summed E-state index contributed by atoms with van der Waals surface area (Å²) in [6.45, 7) is 6.77. The zero-order valence-corrected chi connectivity index (χ0v) is 13.1. The maximum absolute atomic E-state index is 12.2. The van der Waals surface area contributed by atoms with Gasteiger partial charge < -0.3 is 9.64 Å². The summed E-state index contributed by atoms with van der Waals surface area (Å²) in [7, 11) is 0. The van der Waals surface area contributed by atoms with Crippen LogP contribution in [0.4, 0.5) is 4.79 Å². The van der Waals surface area contributed by atoms with Gasteiger partial charge in [0.15, 0.2) is 5.82 Å². The first kappa shape index (κ1) is 14.6. The van der Waals surface area contributed by atoms with E-state index in [4.69, 9.17) is 4.74 Å². The predicted octanol–water partition coefficient (Wildman–Crippen LogP) is 2.56. The van der Waals surface area contributed by atoms with Gasteiger partial charge in [0, 0.05) is 30.9 Å². The van der Waals surface area contributed by atoms with Gasteiger partial charge in [-0.1, -0.05) is 6.07 Å². The predicted molar refractivity (Wildman–Crippen MR) is 81.7 cm³/mol. The average molecular weight is 300 g/mol. The van der Waals surface area contributed by atoms with Crippen LogP contribution in [0.2, 0.25) is 0 Å². The van der Waals surface area contributed by atoms with E-state index in [0.717, 1.165) is 23.5 Å². The molecule has 0 unspecified atom stereocenters. The molecular weight excluding hydrogens is 280 g/mol. The molecule has 1 aliphatic heterocycles. The molecule has 116 valence electrons. The molecule has 0 aromatic carbocycles. The van der Waals surface area contributed by atoms with Crippen molar-refractivity contribution < 1.29 is 9.53 Å². The summed E-state index contributed by atoms with van der Waals surface area (Å²) in [5, 5.41) is 4.56.